The number of hydrogen-bond donors (Lipinski definition) is 2. The molecule has 3 rings (SSSR count). The van der Waals surface area contributed by atoms with E-state index in [1.165, 1.54) is 0 Å². The van der Waals surface area contributed by atoms with E-state index < -0.39 is 0 Å². The molecular formula is C17H25N3O2S. The molecule has 2 heterocycles. The Labute approximate surface area is 141 Å². The highest BCUT2D eigenvalue weighted by atomic mass is 32.1. The Morgan fingerprint density at radius 3 is 2.83 bits per heavy atom. The van der Waals surface area contributed by atoms with Gasteiger partial charge in [-0.15, -0.1) is 11.3 Å². The Morgan fingerprint density at radius 1 is 1.48 bits per heavy atom. The van der Waals surface area contributed by atoms with Gasteiger partial charge in [-0.05, 0) is 32.6 Å². The van der Waals surface area contributed by atoms with Crippen LogP contribution >= 0.6 is 11.3 Å². The van der Waals surface area contributed by atoms with Crippen molar-refractivity contribution in [3.8, 4) is 0 Å². The van der Waals surface area contributed by atoms with Crippen LogP contribution in [-0.4, -0.2) is 22.8 Å². The van der Waals surface area contributed by atoms with Crippen LogP contribution in [0.3, 0.4) is 0 Å². The van der Waals surface area contributed by atoms with Crippen molar-refractivity contribution in [3.63, 3.8) is 0 Å². The van der Waals surface area contributed by atoms with E-state index in [1.54, 1.807) is 11.3 Å². The van der Waals surface area contributed by atoms with Gasteiger partial charge in [-0.25, -0.2) is 4.98 Å². The predicted octanol–water partition coefficient (Wildman–Crippen LogP) is 2.64. The second kappa shape index (κ2) is 6.59. The van der Waals surface area contributed by atoms with E-state index >= 15 is 0 Å². The van der Waals surface area contributed by atoms with Crippen molar-refractivity contribution >= 4 is 23.2 Å². The number of carbonyl (C=O) groups is 2. The maximum atomic E-state index is 12.8. The molecule has 1 saturated heterocycles. The minimum absolute atomic E-state index is 0.00573. The van der Waals surface area contributed by atoms with Crippen molar-refractivity contribution in [2.75, 3.05) is 0 Å². The molecule has 5 nitrogen and oxygen atoms in total. The summed E-state index contributed by atoms with van der Waals surface area (Å²) in [7, 11) is 0. The van der Waals surface area contributed by atoms with Gasteiger partial charge in [-0.2, -0.15) is 0 Å². The zero-order valence-corrected chi connectivity index (χ0v) is 14.7. The van der Waals surface area contributed by atoms with Gasteiger partial charge in [-0.1, -0.05) is 19.8 Å². The van der Waals surface area contributed by atoms with Crippen LogP contribution in [-0.2, 0) is 15.1 Å². The molecule has 126 valence electrons. The van der Waals surface area contributed by atoms with E-state index in [-0.39, 0.29) is 29.3 Å². The van der Waals surface area contributed by atoms with Crippen molar-refractivity contribution < 1.29 is 9.59 Å². The summed E-state index contributed by atoms with van der Waals surface area (Å²) in [5.74, 6) is -0.200. The zero-order valence-electron chi connectivity index (χ0n) is 13.9. The third-order valence-electron chi connectivity index (χ3n) is 5.08. The molecule has 1 aliphatic carbocycles. The lowest BCUT2D eigenvalue weighted by molar-refractivity contribution is -0.134. The van der Waals surface area contributed by atoms with E-state index in [1.807, 2.05) is 19.2 Å². The summed E-state index contributed by atoms with van der Waals surface area (Å²) >= 11 is 1.63. The number of carbonyl (C=O) groups excluding carboxylic acids is 2. The van der Waals surface area contributed by atoms with Crippen molar-refractivity contribution in [3.05, 3.63) is 16.1 Å². The maximum Gasteiger partial charge on any atom is 0.224 e. The lowest BCUT2D eigenvalue weighted by Gasteiger charge is -2.33. The number of nitrogens with zero attached hydrogens (tertiary/aromatic N) is 1. The summed E-state index contributed by atoms with van der Waals surface area (Å²) in [6.07, 6.45) is 6.02. The summed E-state index contributed by atoms with van der Waals surface area (Å²) in [5, 5.41) is 9.31. The molecule has 2 amide bonds. The molecule has 1 aromatic heterocycles. The van der Waals surface area contributed by atoms with Gasteiger partial charge in [0, 0.05) is 29.5 Å². The monoisotopic (exact) mass is 335 g/mol. The number of nitrogens with one attached hydrogen (secondary N) is 2. The zero-order chi connectivity index (χ0) is 16.4. The molecule has 2 fully saturated rings. The SMILES string of the molecule is CC[C@@H]1C[C@H](C(=O)NC2(c3nc(C)cs3)CCCC2)CC(=O)N1. The average molecular weight is 335 g/mol. The highest BCUT2D eigenvalue weighted by molar-refractivity contribution is 7.09. The minimum Gasteiger partial charge on any atom is -0.353 e. The third kappa shape index (κ3) is 3.42. The quantitative estimate of drug-likeness (QED) is 0.888. The van der Waals surface area contributed by atoms with Crippen LogP contribution in [0, 0.1) is 12.8 Å². The van der Waals surface area contributed by atoms with Crippen molar-refractivity contribution in [1.29, 1.82) is 0 Å². The fourth-order valence-corrected chi connectivity index (χ4v) is 4.76. The molecule has 2 N–H and O–H groups in total. The average Bonchev–Trinajstić information content (AvgIpc) is 3.16. The Hall–Kier alpha value is -1.43. The second-order valence-electron chi connectivity index (χ2n) is 6.88. The summed E-state index contributed by atoms with van der Waals surface area (Å²) in [5.41, 5.74) is 0.694. The Kier molecular flexibility index (Phi) is 4.71. The molecule has 0 spiro atoms. The molecular weight excluding hydrogens is 310 g/mol. The Balaban J connectivity index is 1.75. The smallest absolute Gasteiger partial charge is 0.224 e. The van der Waals surface area contributed by atoms with Crippen molar-refractivity contribution in [1.82, 2.24) is 15.6 Å². The van der Waals surface area contributed by atoms with Crippen LogP contribution < -0.4 is 10.6 Å². The molecule has 2 atom stereocenters. The number of thiazole rings is 1. The molecule has 23 heavy (non-hydrogen) atoms. The van der Waals surface area contributed by atoms with Gasteiger partial charge in [0.1, 0.15) is 5.01 Å². The summed E-state index contributed by atoms with van der Waals surface area (Å²) in [4.78, 5) is 29.3. The molecule has 6 heteroatoms. The van der Waals surface area contributed by atoms with Gasteiger partial charge < -0.3 is 10.6 Å². The van der Waals surface area contributed by atoms with Crippen molar-refractivity contribution in [2.45, 2.75) is 70.4 Å². The molecule has 0 radical (unpaired) electrons. The fourth-order valence-electron chi connectivity index (χ4n) is 3.75. The standard InChI is InChI=1S/C17H25N3O2S/c1-3-13-8-12(9-14(21)19-13)15(22)20-17(6-4-5-7-17)16-18-11(2)10-23-16/h10,12-13H,3-9H2,1-2H3,(H,19,21)(H,20,22)/t12-,13+/m0/s1. The van der Waals surface area contributed by atoms with Crippen molar-refractivity contribution in [2.24, 2.45) is 5.92 Å². The highest BCUT2D eigenvalue weighted by Crippen LogP contribution is 2.40. The Morgan fingerprint density at radius 2 is 2.22 bits per heavy atom. The summed E-state index contributed by atoms with van der Waals surface area (Å²) in [6.45, 7) is 4.03. The van der Waals surface area contributed by atoms with Gasteiger partial charge in [0.2, 0.25) is 11.8 Å². The first-order valence-electron chi connectivity index (χ1n) is 8.56. The van der Waals surface area contributed by atoms with Crippen LogP contribution in [0.5, 0.6) is 0 Å². The molecule has 1 aliphatic heterocycles. The van der Waals surface area contributed by atoms with Gasteiger partial charge in [-0.3, -0.25) is 9.59 Å². The number of rotatable bonds is 4. The number of piperidine rings is 1. The first-order valence-corrected chi connectivity index (χ1v) is 9.44. The number of aryl methyl sites for hydroxylation is 1. The molecule has 0 unspecified atom stereocenters. The first-order chi connectivity index (χ1) is 11.0. The number of hydrogen-bond acceptors (Lipinski definition) is 4. The first kappa shape index (κ1) is 16.4. The normalized spacial score (nSPS) is 26.8. The summed E-state index contributed by atoms with van der Waals surface area (Å²) in [6, 6.07) is 0.119. The summed E-state index contributed by atoms with van der Waals surface area (Å²) < 4.78 is 0. The maximum absolute atomic E-state index is 12.8. The van der Waals surface area contributed by atoms with Crippen LogP contribution in [0.15, 0.2) is 5.38 Å². The molecule has 1 saturated carbocycles. The molecule has 2 aliphatic rings. The fraction of sp³-hybridized carbons (Fsp3) is 0.706. The van der Waals surface area contributed by atoms with Crippen LogP contribution in [0.25, 0.3) is 0 Å². The van der Waals surface area contributed by atoms with Gasteiger partial charge >= 0.3 is 0 Å². The number of amides is 2. The van der Waals surface area contributed by atoms with E-state index in [9.17, 15) is 9.59 Å². The minimum atomic E-state index is -0.314. The lowest BCUT2D eigenvalue weighted by Crippen LogP contribution is -2.51. The Bertz CT molecular complexity index is 592. The number of aromatic nitrogens is 1. The molecule has 0 aromatic carbocycles. The second-order valence-corrected chi connectivity index (χ2v) is 7.74. The highest BCUT2D eigenvalue weighted by Gasteiger charge is 2.42. The predicted molar refractivity (Wildman–Crippen MR) is 90.1 cm³/mol. The van der Waals surface area contributed by atoms with Crippen LogP contribution in [0.1, 0.15) is 62.6 Å². The van der Waals surface area contributed by atoms with Gasteiger partial charge in [0.15, 0.2) is 0 Å². The topological polar surface area (TPSA) is 71.1 Å². The van der Waals surface area contributed by atoms with Crippen LogP contribution in [0.4, 0.5) is 0 Å². The van der Waals surface area contributed by atoms with Crippen LogP contribution in [0.2, 0.25) is 0 Å². The largest absolute Gasteiger partial charge is 0.353 e. The van der Waals surface area contributed by atoms with E-state index in [4.69, 9.17) is 0 Å². The van der Waals surface area contributed by atoms with E-state index in [2.05, 4.69) is 15.6 Å². The third-order valence-corrected chi connectivity index (χ3v) is 6.24. The van der Waals surface area contributed by atoms with Gasteiger partial charge in [0.05, 0.1) is 5.54 Å². The van der Waals surface area contributed by atoms with E-state index in [0.29, 0.717) is 6.42 Å². The lowest BCUT2D eigenvalue weighted by atomic mass is 9.88. The molecule has 1 aromatic rings. The van der Waals surface area contributed by atoms with E-state index in [0.717, 1.165) is 49.2 Å². The molecule has 0 bridgehead atoms. The van der Waals surface area contributed by atoms with Gasteiger partial charge in [0.25, 0.3) is 0 Å².